The molecule has 1 aliphatic rings. The number of aromatic amines is 1. The highest BCUT2D eigenvalue weighted by molar-refractivity contribution is 5.85. The van der Waals surface area contributed by atoms with Crippen molar-refractivity contribution >= 4 is 36.4 Å². The molecule has 1 saturated heterocycles. The third-order valence-electron chi connectivity index (χ3n) is 4.27. The Kier molecular flexibility index (Phi) is 7.26. The molecule has 3 N–H and O–H groups in total. The first-order chi connectivity index (χ1) is 10.6. The smallest absolute Gasteiger partial charge is 0.266 e. The molecule has 0 saturated carbocycles. The van der Waals surface area contributed by atoms with Gasteiger partial charge in [0.2, 0.25) is 5.91 Å². The second kappa shape index (κ2) is 8.50. The molecule has 1 aliphatic heterocycles. The van der Waals surface area contributed by atoms with Crippen LogP contribution in [0.1, 0.15) is 36.2 Å². The summed E-state index contributed by atoms with van der Waals surface area (Å²) in [5, 5.41) is 8.93. The molecule has 0 unspecified atom stereocenters. The van der Waals surface area contributed by atoms with Crippen molar-refractivity contribution in [1.82, 2.24) is 25.2 Å². The molecule has 1 fully saturated rings. The quantitative estimate of drug-likeness (QED) is 0.752. The molecular formula is C15H23Cl2N5O2. The molecule has 3 heterocycles. The van der Waals surface area contributed by atoms with Gasteiger partial charge in [-0.3, -0.25) is 14.7 Å². The standard InChI is InChI=1S/C15H21N5O2.2ClH/c1-9-11(8-17-15(22)12-5-3-4-6-16-12)10(2)20-13(18-9)7-14(21)19-20;;/h7,12,16H,3-6,8H2,1-2H3,(H,17,22)(H,19,21);2*1H/t12-;;/m0../s1. The maximum Gasteiger partial charge on any atom is 0.266 e. The van der Waals surface area contributed by atoms with Gasteiger partial charge in [0.05, 0.1) is 6.04 Å². The van der Waals surface area contributed by atoms with E-state index in [1.165, 1.54) is 6.07 Å². The van der Waals surface area contributed by atoms with Crippen LogP contribution in [0.3, 0.4) is 0 Å². The first-order valence-corrected chi connectivity index (χ1v) is 7.65. The molecule has 0 bridgehead atoms. The van der Waals surface area contributed by atoms with Crippen molar-refractivity contribution in [2.45, 2.75) is 45.7 Å². The fourth-order valence-corrected chi connectivity index (χ4v) is 2.99. The van der Waals surface area contributed by atoms with Crippen LogP contribution in [-0.2, 0) is 11.3 Å². The van der Waals surface area contributed by atoms with Crippen LogP contribution in [0.25, 0.3) is 5.65 Å². The average Bonchev–Trinajstić information content (AvgIpc) is 2.88. The predicted octanol–water partition coefficient (Wildman–Crippen LogP) is 1.24. The van der Waals surface area contributed by atoms with Crippen molar-refractivity contribution in [1.29, 1.82) is 0 Å². The Balaban J connectivity index is 0.00000144. The van der Waals surface area contributed by atoms with Gasteiger partial charge in [-0.1, -0.05) is 6.42 Å². The van der Waals surface area contributed by atoms with E-state index in [-0.39, 0.29) is 42.3 Å². The monoisotopic (exact) mass is 375 g/mol. The van der Waals surface area contributed by atoms with Crippen molar-refractivity contribution in [3.63, 3.8) is 0 Å². The highest BCUT2D eigenvalue weighted by Crippen LogP contribution is 2.13. The summed E-state index contributed by atoms with van der Waals surface area (Å²) in [6.07, 6.45) is 3.09. The maximum absolute atomic E-state index is 12.2. The Morgan fingerprint density at radius 3 is 2.79 bits per heavy atom. The number of fused-ring (bicyclic) bond motifs is 1. The number of hydrogen-bond donors (Lipinski definition) is 3. The van der Waals surface area contributed by atoms with Crippen LogP contribution in [0, 0.1) is 13.8 Å². The summed E-state index contributed by atoms with van der Waals surface area (Å²) in [7, 11) is 0. The minimum absolute atomic E-state index is 0. The molecule has 3 rings (SSSR count). The van der Waals surface area contributed by atoms with Gasteiger partial charge in [0.15, 0.2) is 5.65 Å². The molecular weight excluding hydrogens is 353 g/mol. The van der Waals surface area contributed by atoms with Gasteiger partial charge in [-0.2, -0.15) is 0 Å². The number of amides is 1. The van der Waals surface area contributed by atoms with Crippen LogP contribution >= 0.6 is 24.8 Å². The lowest BCUT2D eigenvalue weighted by Crippen LogP contribution is -2.46. The minimum atomic E-state index is -0.178. The number of H-pyrrole nitrogens is 1. The second-order valence-electron chi connectivity index (χ2n) is 5.80. The topological polar surface area (TPSA) is 91.3 Å². The fraction of sp³-hybridized carbons (Fsp3) is 0.533. The Labute approximate surface area is 152 Å². The maximum atomic E-state index is 12.2. The summed E-state index contributed by atoms with van der Waals surface area (Å²) in [6.45, 7) is 5.12. The first kappa shape index (κ1) is 20.5. The fourth-order valence-electron chi connectivity index (χ4n) is 2.99. The normalized spacial score (nSPS) is 17.0. The third-order valence-corrected chi connectivity index (χ3v) is 4.27. The van der Waals surface area contributed by atoms with E-state index in [0.717, 1.165) is 42.8 Å². The molecule has 0 aromatic carbocycles. The van der Waals surface area contributed by atoms with E-state index in [2.05, 4.69) is 20.7 Å². The van der Waals surface area contributed by atoms with E-state index >= 15 is 0 Å². The summed E-state index contributed by atoms with van der Waals surface area (Å²) in [5.41, 5.74) is 3.07. The zero-order chi connectivity index (χ0) is 15.7. The lowest BCUT2D eigenvalue weighted by Gasteiger charge is -2.23. The van der Waals surface area contributed by atoms with Crippen LogP contribution in [-0.4, -0.2) is 33.1 Å². The molecule has 0 spiro atoms. The van der Waals surface area contributed by atoms with Gasteiger partial charge >= 0.3 is 0 Å². The van der Waals surface area contributed by atoms with E-state index < -0.39 is 0 Å². The molecule has 9 heteroatoms. The van der Waals surface area contributed by atoms with Crippen LogP contribution in [0.2, 0.25) is 0 Å². The van der Waals surface area contributed by atoms with Crippen LogP contribution in [0.15, 0.2) is 10.9 Å². The molecule has 2 aromatic heterocycles. The van der Waals surface area contributed by atoms with Crippen molar-refractivity contribution < 1.29 is 4.79 Å². The Bertz CT molecular complexity index is 765. The first-order valence-electron chi connectivity index (χ1n) is 7.65. The van der Waals surface area contributed by atoms with E-state index in [1.54, 1.807) is 4.52 Å². The van der Waals surface area contributed by atoms with Crippen LogP contribution in [0.4, 0.5) is 0 Å². The van der Waals surface area contributed by atoms with Gasteiger partial charge in [0.25, 0.3) is 5.56 Å². The SMILES string of the molecule is Cc1nc2cc(=O)[nH]n2c(C)c1CNC(=O)[C@@H]1CCCCN1.Cl.Cl. The number of nitrogens with one attached hydrogen (secondary N) is 3. The lowest BCUT2D eigenvalue weighted by atomic mass is 10.0. The summed E-state index contributed by atoms with van der Waals surface area (Å²) in [5.74, 6) is 0.0274. The van der Waals surface area contributed by atoms with Gasteiger partial charge in [-0.15, -0.1) is 24.8 Å². The molecule has 7 nitrogen and oxygen atoms in total. The van der Waals surface area contributed by atoms with E-state index in [9.17, 15) is 9.59 Å². The minimum Gasteiger partial charge on any atom is -0.351 e. The Morgan fingerprint density at radius 2 is 2.12 bits per heavy atom. The van der Waals surface area contributed by atoms with E-state index in [0.29, 0.717) is 12.2 Å². The van der Waals surface area contributed by atoms with E-state index in [1.807, 2.05) is 13.8 Å². The van der Waals surface area contributed by atoms with Gasteiger partial charge in [-0.05, 0) is 33.2 Å². The average molecular weight is 376 g/mol. The van der Waals surface area contributed by atoms with Gasteiger partial charge < -0.3 is 10.6 Å². The Hall–Kier alpha value is -1.57. The van der Waals surface area contributed by atoms with Gasteiger partial charge in [-0.25, -0.2) is 9.50 Å². The van der Waals surface area contributed by atoms with Gasteiger partial charge in [0, 0.05) is 29.6 Å². The van der Waals surface area contributed by atoms with Crippen molar-refractivity contribution in [3.8, 4) is 0 Å². The lowest BCUT2D eigenvalue weighted by molar-refractivity contribution is -0.123. The largest absolute Gasteiger partial charge is 0.351 e. The molecule has 1 amide bonds. The van der Waals surface area contributed by atoms with Crippen LogP contribution in [0.5, 0.6) is 0 Å². The summed E-state index contributed by atoms with van der Waals surface area (Å²) < 4.78 is 1.66. The number of carbonyl (C=O) groups excluding carboxylic acids is 1. The summed E-state index contributed by atoms with van der Waals surface area (Å²) in [4.78, 5) is 28.1. The molecule has 0 aliphatic carbocycles. The molecule has 1 atom stereocenters. The highest BCUT2D eigenvalue weighted by atomic mass is 35.5. The number of hydrogen-bond acceptors (Lipinski definition) is 4. The number of aromatic nitrogens is 3. The predicted molar refractivity (Wildman–Crippen MR) is 97.3 cm³/mol. The summed E-state index contributed by atoms with van der Waals surface area (Å²) in [6, 6.07) is 1.37. The van der Waals surface area contributed by atoms with Gasteiger partial charge in [0.1, 0.15) is 0 Å². The van der Waals surface area contributed by atoms with Crippen LogP contribution < -0.4 is 16.2 Å². The number of nitrogens with zero attached hydrogens (tertiary/aromatic N) is 2. The number of rotatable bonds is 3. The number of piperidine rings is 1. The van der Waals surface area contributed by atoms with Crippen molar-refractivity contribution in [2.24, 2.45) is 0 Å². The zero-order valence-electron chi connectivity index (χ0n) is 13.7. The molecule has 134 valence electrons. The van der Waals surface area contributed by atoms with E-state index in [4.69, 9.17) is 0 Å². The molecule has 0 radical (unpaired) electrons. The zero-order valence-corrected chi connectivity index (χ0v) is 15.4. The Morgan fingerprint density at radius 1 is 1.38 bits per heavy atom. The highest BCUT2D eigenvalue weighted by Gasteiger charge is 2.20. The number of aryl methyl sites for hydroxylation is 2. The number of carbonyl (C=O) groups is 1. The van der Waals surface area contributed by atoms with Crippen molar-refractivity contribution in [2.75, 3.05) is 6.54 Å². The molecule has 2 aromatic rings. The summed E-state index contributed by atoms with van der Waals surface area (Å²) >= 11 is 0. The second-order valence-corrected chi connectivity index (χ2v) is 5.80. The molecule has 24 heavy (non-hydrogen) atoms. The third kappa shape index (κ3) is 4.09. The number of halogens is 2. The van der Waals surface area contributed by atoms with Crippen molar-refractivity contribution in [3.05, 3.63) is 33.4 Å².